The predicted molar refractivity (Wildman–Crippen MR) is 131 cm³/mol. The number of hydrogen-bond acceptors (Lipinski definition) is 5. The molecule has 166 valence electrons. The first-order valence-corrected chi connectivity index (χ1v) is 11.0. The maximum atomic E-state index is 13.7. The summed E-state index contributed by atoms with van der Waals surface area (Å²) >= 11 is 0. The number of aromatic nitrogens is 3. The molecule has 2 heterocycles. The van der Waals surface area contributed by atoms with Crippen LogP contribution in [0.3, 0.4) is 0 Å². The van der Waals surface area contributed by atoms with Gasteiger partial charge >= 0.3 is 0 Å². The van der Waals surface area contributed by atoms with Crippen LogP contribution in [0.25, 0.3) is 39.1 Å². The number of carbonyl (C=O) groups excluding carboxylic acids is 1. The summed E-state index contributed by atoms with van der Waals surface area (Å²) in [6.07, 6.45) is 0. The molecular formula is C28H21N3O3. The summed E-state index contributed by atoms with van der Waals surface area (Å²) in [4.78, 5) is 18.7. The van der Waals surface area contributed by atoms with Gasteiger partial charge in [0, 0.05) is 16.7 Å². The molecule has 0 radical (unpaired) electrons. The topological polar surface area (TPSA) is 66.2 Å². The molecule has 2 aromatic heterocycles. The zero-order chi connectivity index (χ0) is 23.4. The monoisotopic (exact) mass is 447 g/mol. The first-order chi connectivity index (χ1) is 16.6. The number of methoxy groups -OCH3 is 2. The van der Waals surface area contributed by atoms with Crippen molar-refractivity contribution >= 4 is 16.8 Å². The molecule has 6 nitrogen and oxygen atoms in total. The fourth-order valence-corrected chi connectivity index (χ4v) is 4.78. The minimum Gasteiger partial charge on any atom is -0.493 e. The van der Waals surface area contributed by atoms with Gasteiger partial charge in [-0.15, -0.1) is 0 Å². The molecule has 0 saturated carbocycles. The molecule has 0 N–H and O–H groups in total. The molecule has 3 aromatic carbocycles. The van der Waals surface area contributed by atoms with Crippen molar-refractivity contribution < 1.29 is 14.3 Å². The second-order valence-corrected chi connectivity index (χ2v) is 8.19. The van der Waals surface area contributed by atoms with Crippen molar-refractivity contribution in [2.45, 2.75) is 6.92 Å². The van der Waals surface area contributed by atoms with Gasteiger partial charge in [0.1, 0.15) is 0 Å². The van der Waals surface area contributed by atoms with Crippen LogP contribution < -0.4 is 9.47 Å². The molecule has 1 aliphatic carbocycles. The quantitative estimate of drug-likeness (QED) is 0.351. The Kier molecular flexibility index (Phi) is 4.48. The van der Waals surface area contributed by atoms with E-state index < -0.39 is 0 Å². The van der Waals surface area contributed by atoms with Crippen molar-refractivity contribution in [1.82, 2.24) is 14.8 Å². The number of carbonyl (C=O) groups is 1. The lowest BCUT2D eigenvalue weighted by Crippen LogP contribution is -2.03. The van der Waals surface area contributed by atoms with Gasteiger partial charge in [-0.3, -0.25) is 4.79 Å². The van der Waals surface area contributed by atoms with Crippen LogP contribution in [0.5, 0.6) is 11.5 Å². The number of ketones is 1. The van der Waals surface area contributed by atoms with Crippen LogP contribution in [0.15, 0.2) is 72.8 Å². The van der Waals surface area contributed by atoms with E-state index in [-0.39, 0.29) is 5.78 Å². The van der Waals surface area contributed by atoms with E-state index in [1.54, 1.807) is 14.2 Å². The second kappa shape index (κ2) is 7.56. The fraction of sp³-hybridized carbons (Fsp3) is 0.107. The predicted octanol–water partition coefficient (Wildman–Crippen LogP) is 5.62. The van der Waals surface area contributed by atoms with Crippen LogP contribution in [-0.2, 0) is 0 Å². The molecule has 0 fully saturated rings. The van der Waals surface area contributed by atoms with Crippen LogP contribution in [0, 0.1) is 6.92 Å². The summed E-state index contributed by atoms with van der Waals surface area (Å²) in [6, 6.07) is 23.2. The Hall–Kier alpha value is -4.45. The molecule has 0 saturated heterocycles. The number of hydrogen-bond donors (Lipinski definition) is 0. The van der Waals surface area contributed by atoms with Crippen molar-refractivity contribution in [2.24, 2.45) is 0 Å². The van der Waals surface area contributed by atoms with Crippen LogP contribution in [0.1, 0.15) is 21.6 Å². The lowest BCUT2D eigenvalue weighted by atomic mass is 9.94. The van der Waals surface area contributed by atoms with Crippen molar-refractivity contribution in [3.63, 3.8) is 0 Å². The number of para-hydroxylation sites is 1. The van der Waals surface area contributed by atoms with Gasteiger partial charge in [-0.25, -0.2) is 9.67 Å². The van der Waals surface area contributed by atoms with E-state index >= 15 is 0 Å². The van der Waals surface area contributed by atoms with Crippen molar-refractivity contribution in [3.05, 3.63) is 89.6 Å². The number of pyridine rings is 1. The highest BCUT2D eigenvalue weighted by molar-refractivity contribution is 6.26. The number of nitrogens with zero attached hydrogens (tertiary/aromatic N) is 3. The summed E-state index contributed by atoms with van der Waals surface area (Å²) in [5.41, 5.74) is 6.83. The summed E-state index contributed by atoms with van der Waals surface area (Å²) in [7, 11) is 3.21. The number of fused-ring (bicyclic) bond motifs is 4. The first-order valence-electron chi connectivity index (χ1n) is 11.0. The largest absolute Gasteiger partial charge is 0.493 e. The molecule has 0 unspecified atom stereocenters. The van der Waals surface area contributed by atoms with Crippen molar-refractivity contribution in [1.29, 1.82) is 0 Å². The summed E-state index contributed by atoms with van der Waals surface area (Å²) in [6.45, 7) is 1.95. The van der Waals surface area contributed by atoms with E-state index in [0.717, 1.165) is 33.5 Å². The average Bonchev–Trinajstić information content (AvgIpc) is 3.37. The average molecular weight is 447 g/mol. The third kappa shape index (κ3) is 2.78. The molecular weight excluding hydrogens is 426 g/mol. The lowest BCUT2D eigenvalue weighted by molar-refractivity contribution is 0.104. The fourth-order valence-electron chi connectivity index (χ4n) is 4.78. The Labute approximate surface area is 196 Å². The van der Waals surface area contributed by atoms with Gasteiger partial charge in [0.2, 0.25) is 0 Å². The Balaban J connectivity index is 1.76. The smallest absolute Gasteiger partial charge is 0.196 e. The maximum absolute atomic E-state index is 13.7. The van der Waals surface area contributed by atoms with Gasteiger partial charge in [-0.05, 0) is 36.8 Å². The lowest BCUT2D eigenvalue weighted by Gasteiger charge is -2.14. The van der Waals surface area contributed by atoms with Gasteiger partial charge in [-0.2, -0.15) is 5.10 Å². The third-order valence-corrected chi connectivity index (χ3v) is 6.32. The number of aryl methyl sites for hydroxylation is 1. The Morgan fingerprint density at radius 2 is 1.50 bits per heavy atom. The molecule has 0 spiro atoms. The molecule has 0 amide bonds. The van der Waals surface area contributed by atoms with E-state index in [2.05, 4.69) is 0 Å². The summed E-state index contributed by atoms with van der Waals surface area (Å²) in [5.74, 6) is 1.19. The van der Waals surface area contributed by atoms with Gasteiger partial charge in [0.25, 0.3) is 0 Å². The first kappa shape index (κ1) is 20.2. The van der Waals surface area contributed by atoms with Gasteiger partial charge in [0.05, 0.1) is 42.2 Å². The highest BCUT2D eigenvalue weighted by atomic mass is 16.5. The zero-order valence-corrected chi connectivity index (χ0v) is 19.0. The second-order valence-electron chi connectivity index (χ2n) is 8.19. The molecule has 0 bridgehead atoms. The molecule has 1 aliphatic rings. The molecule has 0 atom stereocenters. The molecule has 6 rings (SSSR count). The summed E-state index contributed by atoms with van der Waals surface area (Å²) < 4.78 is 12.9. The normalized spacial score (nSPS) is 12.0. The van der Waals surface area contributed by atoms with E-state index in [1.807, 2.05) is 84.4 Å². The Bertz CT molecular complexity index is 1600. The molecule has 5 aromatic rings. The maximum Gasteiger partial charge on any atom is 0.196 e. The number of benzene rings is 3. The van der Waals surface area contributed by atoms with Crippen molar-refractivity contribution in [3.8, 4) is 39.6 Å². The minimum atomic E-state index is -0.0309. The van der Waals surface area contributed by atoms with E-state index in [9.17, 15) is 4.79 Å². The Morgan fingerprint density at radius 3 is 2.24 bits per heavy atom. The zero-order valence-electron chi connectivity index (χ0n) is 19.0. The SMILES string of the molecule is COc1ccc(-c2c3c(nc4c2c(C)nn4-c2ccccc2)-c2ccccc2C3=O)cc1OC. The minimum absolute atomic E-state index is 0.0309. The van der Waals surface area contributed by atoms with E-state index in [1.165, 1.54) is 0 Å². The highest BCUT2D eigenvalue weighted by Gasteiger charge is 2.34. The van der Waals surface area contributed by atoms with Crippen LogP contribution in [-0.4, -0.2) is 34.8 Å². The number of rotatable bonds is 4. The third-order valence-electron chi connectivity index (χ3n) is 6.32. The van der Waals surface area contributed by atoms with Crippen LogP contribution >= 0.6 is 0 Å². The Morgan fingerprint density at radius 1 is 0.794 bits per heavy atom. The van der Waals surface area contributed by atoms with Gasteiger partial charge in [-0.1, -0.05) is 48.5 Å². The van der Waals surface area contributed by atoms with Crippen molar-refractivity contribution in [2.75, 3.05) is 14.2 Å². The molecule has 6 heteroatoms. The van der Waals surface area contributed by atoms with Crippen LogP contribution in [0.2, 0.25) is 0 Å². The van der Waals surface area contributed by atoms with Gasteiger partial charge in [0.15, 0.2) is 22.9 Å². The van der Waals surface area contributed by atoms with Crippen LogP contribution in [0.4, 0.5) is 0 Å². The number of ether oxygens (including phenoxy) is 2. The van der Waals surface area contributed by atoms with E-state index in [4.69, 9.17) is 19.6 Å². The highest BCUT2D eigenvalue weighted by Crippen LogP contribution is 2.46. The summed E-state index contributed by atoms with van der Waals surface area (Å²) in [5, 5.41) is 5.67. The molecule has 34 heavy (non-hydrogen) atoms. The van der Waals surface area contributed by atoms with Gasteiger partial charge < -0.3 is 9.47 Å². The van der Waals surface area contributed by atoms with E-state index in [0.29, 0.717) is 34.0 Å². The standard InChI is InChI=1S/C28H21N3O3/c1-16-23-24(17-13-14-21(33-2)22(15-17)34-3)25-26(19-11-7-8-12-20(19)27(25)32)29-28(23)31(30-16)18-9-5-4-6-10-18/h4-15H,1-3H3. The molecule has 0 aliphatic heterocycles.